The number of aryl methyl sites for hydroxylation is 2. The first kappa shape index (κ1) is 14.9. The molecule has 1 aliphatic carbocycles. The summed E-state index contributed by atoms with van der Waals surface area (Å²) in [5.41, 5.74) is 3.58. The van der Waals surface area contributed by atoms with Crippen LogP contribution in [0.5, 0.6) is 0 Å². The van der Waals surface area contributed by atoms with Gasteiger partial charge in [0.25, 0.3) is 5.56 Å². The molecule has 4 rings (SSSR count). The number of rotatable bonds is 2. The van der Waals surface area contributed by atoms with E-state index >= 15 is 0 Å². The van der Waals surface area contributed by atoms with Gasteiger partial charge < -0.3 is 0 Å². The first-order chi connectivity index (χ1) is 11.1. The maximum absolute atomic E-state index is 13.2. The van der Waals surface area contributed by atoms with Crippen molar-refractivity contribution in [3.05, 3.63) is 27.7 Å². The minimum Gasteiger partial charge on any atom is -0.299 e. The van der Waals surface area contributed by atoms with E-state index in [1.54, 1.807) is 0 Å². The molecule has 2 aliphatic rings. The Hall–Kier alpha value is -1.62. The summed E-state index contributed by atoms with van der Waals surface area (Å²) in [7, 11) is 1.96. The molecule has 0 amide bonds. The molecule has 5 heteroatoms. The Labute approximate surface area is 136 Å². The van der Waals surface area contributed by atoms with Crippen LogP contribution < -0.4 is 5.56 Å². The van der Waals surface area contributed by atoms with E-state index in [1.165, 1.54) is 17.4 Å². The van der Waals surface area contributed by atoms with E-state index in [-0.39, 0.29) is 11.6 Å². The van der Waals surface area contributed by atoms with Gasteiger partial charge in [-0.25, -0.2) is 0 Å². The van der Waals surface area contributed by atoms with Gasteiger partial charge in [0.1, 0.15) is 5.65 Å². The molecule has 23 heavy (non-hydrogen) atoms. The topological polar surface area (TPSA) is 43.1 Å². The van der Waals surface area contributed by atoms with Crippen LogP contribution in [-0.2, 0) is 19.9 Å². The van der Waals surface area contributed by atoms with Gasteiger partial charge in [0.15, 0.2) is 0 Å². The molecule has 124 valence electrons. The third-order valence-corrected chi connectivity index (χ3v) is 5.70. The van der Waals surface area contributed by atoms with Gasteiger partial charge in [0.05, 0.1) is 12.2 Å². The fourth-order valence-electron chi connectivity index (χ4n) is 4.40. The summed E-state index contributed by atoms with van der Waals surface area (Å²) in [4.78, 5) is 15.7. The largest absolute Gasteiger partial charge is 0.299 e. The van der Waals surface area contributed by atoms with Gasteiger partial charge in [0.2, 0.25) is 0 Å². The highest BCUT2D eigenvalue weighted by Gasteiger charge is 2.30. The summed E-state index contributed by atoms with van der Waals surface area (Å²) in [5, 5.41) is 5.67. The first-order valence-corrected chi connectivity index (χ1v) is 8.90. The zero-order chi connectivity index (χ0) is 16.1. The smallest absolute Gasteiger partial charge is 0.255 e. The van der Waals surface area contributed by atoms with Crippen LogP contribution in [-0.4, -0.2) is 38.4 Å². The number of fused-ring (bicyclic) bond motifs is 3. The molecule has 0 N–H and O–H groups in total. The lowest BCUT2D eigenvalue weighted by molar-refractivity contribution is 0.265. The van der Waals surface area contributed by atoms with Crippen molar-refractivity contribution in [2.75, 3.05) is 13.1 Å². The second kappa shape index (κ2) is 5.48. The summed E-state index contributed by atoms with van der Waals surface area (Å²) in [6.45, 7) is 6.51. The molecule has 1 unspecified atom stereocenters. The molecule has 2 aromatic rings. The summed E-state index contributed by atoms with van der Waals surface area (Å²) in [5.74, 6) is 0. The number of aromatic nitrogens is 3. The van der Waals surface area contributed by atoms with Gasteiger partial charge in [0, 0.05) is 37.1 Å². The van der Waals surface area contributed by atoms with E-state index in [0.717, 1.165) is 50.0 Å². The van der Waals surface area contributed by atoms with Gasteiger partial charge >= 0.3 is 0 Å². The third kappa shape index (κ3) is 2.24. The average Bonchev–Trinajstić information content (AvgIpc) is 3.16. The average molecular weight is 314 g/mol. The summed E-state index contributed by atoms with van der Waals surface area (Å²) >= 11 is 0. The summed E-state index contributed by atoms with van der Waals surface area (Å²) < 4.78 is 3.96. The number of hydrogen-bond acceptors (Lipinski definition) is 3. The highest BCUT2D eigenvalue weighted by molar-refractivity contribution is 5.80. The lowest BCUT2D eigenvalue weighted by Crippen LogP contribution is -2.34. The van der Waals surface area contributed by atoms with Crippen LogP contribution in [0.3, 0.4) is 0 Å². The standard InChI is InChI=1S/C18H26N4O/c1-12(2)21-9-8-13(11-21)22-17-16(10-19-20(17)3)14-6-4-5-7-15(14)18(22)23/h10,12-13H,4-9,11H2,1-3H3. The van der Waals surface area contributed by atoms with E-state index in [4.69, 9.17) is 0 Å². The highest BCUT2D eigenvalue weighted by atomic mass is 16.1. The Bertz CT molecular complexity index is 801. The van der Waals surface area contributed by atoms with Crippen molar-refractivity contribution < 1.29 is 0 Å². The van der Waals surface area contributed by atoms with Gasteiger partial charge in [-0.15, -0.1) is 0 Å². The summed E-state index contributed by atoms with van der Waals surface area (Å²) in [6.07, 6.45) is 7.29. The molecule has 5 nitrogen and oxygen atoms in total. The zero-order valence-corrected chi connectivity index (χ0v) is 14.4. The van der Waals surface area contributed by atoms with Crippen LogP contribution in [0.4, 0.5) is 0 Å². The lowest BCUT2D eigenvalue weighted by Gasteiger charge is -2.24. The van der Waals surface area contributed by atoms with Crippen molar-refractivity contribution in [2.45, 2.75) is 58.0 Å². The van der Waals surface area contributed by atoms with Crippen molar-refractivity contribution in [1.82, 2.24) is 19.2 Å². The number of pyridine rings is 1. The highest BCUT2D eigenvalue weighted by Crippen LogP contribution is 2.30. The molecule has 0 aromatic carbocycles. The molecule has 0 bridgehead atoms. The minimum absolute atomic E-state index is 0.242. The molecule has 0 spiro atoms. The Morgan fingerprint density at radius 3 is 2.65 bits per heavy atom. The molecular formula is C18H26N4O. The molecule has 0 radical (unpaired) electrons. The van der Waals surface area contributed by atoms with Gasteiger partial charge in [-0.2, -0.15) is 5.10 Å². The zero-order valence-electron chi connectivity index (χ0n) is 14.4. The number of likely N-dealkylation sites (tertiary alicyclic amines) is 1. The van der Waals surface area contributed by atoms with E-state index in [2.05, 4.69) is 28.4 Å². The summed E-state index contributed by atoms with van der Waals surface area (Å²) in [6, 6.07) is 0.811. The van der Waals surface area contributed by atoms with Crippen molar-refractivity contribution in [1.29, 1.82) is 0 Å². The van der Waals surface area contributed by atoms with Crippen LogP contribution >= 0.6 is 0 Å². The number of hydrogen-bond donors (Lipinski definition) is 0. The Morgan fingerprint density at radius 2 is 1.96 bits per heavy atom. The van der Waals surface area contributed by atoms with Crippen LogP contribution in [0, 0.1) is 0 Å². The lowest BCUT2D eigenvalue weighted by atomic mass is 9.91. The molecule has 2 aromatic heterocycles. The van der Waals surface area contributed by atoms with E-state index in [1.807, 2.05) is 17.9 Å². The number of nitrogens with zero attached hydrogens (tertiary/aromatic N) is 4. The van der Waals surface area contributed by atoms with Crippen LogP contribution in [0.15, 0.2) is 11.0 Å². The second-order valence-electron chi connectivity index (χ2n) is 7.38. The van der Waals surface area contributed by atoms with Crippen LogP contribution in [0.1, 0.15) is 50.3 Å². The van der Waals surface area contributed by atoms with Crippen LogP contribution in [0.25, 0.3) is 11.0 Å². The molecule has 0 saturated carbocycles. The van der Waals surface area contributed by atoms with E-state index < -0.39 is 0 Å². The van der Waals surface area contributed by atoms with Crippen molar-refractivity contribution in [2.24, 2.45) is 7.05 Å². The molecule has 3 heterocycles. The molecule has 1 fully saturated rings. The first-order valence-electron chi connectivity index (χ1n) is 8.90. The molecule has 1 aliphatic heterocycles. The minimum atomic E-state index is 0.242. The quantitative estimate of drug-likeness (QED) is 0.854. The fraction of sp³-hybridized carbons (Fsp3) is 0.667. The Morgan fingerprint density at radius 1 is 1.22 bits per heavy atom. The van der Waals surface area contributed by atoms with Gasteiger partial charge in [-0.1, -0.05) is 0 Å². The Balaban J connectivity index is 1.91. The van der Waals surface area contributed by atoms with E-state index in [9.17, 15) is 4.79 Å². The van der Waals surface area contributed by atoms with Crippen LogP contribution in [0.2, 0.25) is 0 Å². The van der Waals surface area contributed by atoms with Crippen molar-refractivity contribution in [3.63, 3.8) is 0 Å². The third-order valence-electron chi connectivity index (χ3n) is 5.70. The predicted molar refractivity (Wildman–Crippen MR) is 92.0 cm³/mol. The Kier molecular flexibility index (Phi) is 3.56. The normalized spacial score (nSPS) is 22.2. The van der Waals surface area contributed by atoms with Gasteiger partial charge in [-0.05, 0) is 51.5 Å². The fourth-order valence-corrected chi connectivity index (χ4v) is 4.40. The SMILES string of the molecule is CC(C)N1CCC(n2c(=O)c3c(c4cnn(C)c42)CCCC3)C1. The molecule has 1 atom stereocenters. The maximum atomic E-state index is 13.2. The second-order valence-corrected chi connectivity index (χ2v) is 7.38. The van der Waals surface area contributed by atoms with Gasteiger partial charge in [-0.3, -0.25) is 18.9 Å². The van der Waals surface area contributed by atoms with E-state index in [0.29, 0.717) is 6.04 Å². The monoisotopic (exact) mass is 314 g/mol. The molecule has 1 saturated heterocycles. The maximum Gasteiger partial charge on any atom is 0.255 e. The van der Waals surface area contributed by atoms with Crippen molar-refractivity contribution >= 4 is 11.0 Å². The molecular weight excluding hydrogens is 288 g/mol. The van der Waals surface area contributed by atoms with Crippen molar-refractivity contribution in [3.8, 4) is 0 Å². The predicted octanol–water partition coefficient (Wildman–Crippen LogP) is 2.27.